The normalized spacial score (nSPS) is 30.7. The predicted molar refractivity (Wildman–Crippen MR) is 79.7 cm³/mol. The summed E-state index contributed by atoms with van der Waals surface area (Å²) in [6.45, 7) is 6.46. The van der Waals surface area contributed by atoms with Crippen molar-refractivity contribution < 1.29 is 14.7 Å². The first-order valence-electron chi connectivity index (χ1n) is 7.98. The van der Waals surface area contributed by atoms with E-state index in [1.54, 1.807) is 0 Å². The standard InChI is InChI=1S/C15H27N3O3/c1-11-4-3-5-12(2)18(11)9-7-16-14(20)10-17-8-6-13(19)15(17)21/h11-13,19H,3-10H2,1-2H3,(H,16,20)/t11?,12?,13-/m1/s1. The highest BCUT2D eigenvalue weighted by molar-refractivity contribution is 5.88. The Balaban J connectivity index is 1.68. The average Bonchev–Trinajstić information content (AvgIpc) is 2.74. The number of amides is 2. The van der Waals surface area contributed by atoms with Crippen LogP contribution < -0.4 is 5.32 Å². The highest BCUT2D eigenvalue weighted by Crippen LogP contribution is 2.21. The zero-order chi connectivity index (χ0) is 15.4. The van der Waals surface area contributed by atoms with Crippen molar-refractivity contribution in [1.29, 1.82) is 0 Å². The molecule has 0 spiro atoms. The Kier molecular flexibility index (Phi) is 5.58. The molecule has 21 heavy (non-hydrogen) atoms. The molecule has 0 bridgehead atoms. The fraction of sp³-hybridized carbons (Fsp3) is 0.867. The summed E-state index contributed by atoms with van der Waals surface area (Å²) in [4.78, 5) is 27.2. The van der Waals surface area contributed by atoms with Crippen LogP contribution in [0.2, 0.25) is 0 Å². The maximum absolute atomic E-state index is 11.9. The fourth-order valence-corrected chi connectivity index (χ4v) is 3.35. The number of piperidine rings is 1. The fourth-order valence-electron chi connectivity index (χ4n) is 3.35. The third-order valence-corrected chi connectivity index (χ3v) is 4.67. The third-order valence-electron chi connectivity index (χ3n) is 4.67. The largest absolute Gasteiger partial charge is 0.383 e. The molecule has 0 aromatic heterocycles. The van der Waals surface area contributed by atoms with Crippen molar-refractivity contribution in [3.05, 3.63) is 0 Å². The second kappa shape index (κ2) is 7.22. The summed E-state index contributed by atoms with van der Waals surface area (Å²) in [6.07, 6.45) is 3.23. The molecular formula is C15H27N3O3. The van der Waals surface area contributed by atoms with Crippen LogP contribution in [0.25, 0.3) is 0 Å². The summed E-state index contributed by atoms with van der Waals surface area (Å²) in [5, 5.41) is 12.2. The molecule has 120 valence electrons. The Bertz CT molecular complexity index is 378. The van der Waals surface area contributed by atoms with Crippen LogP contribution in [0.5, 0.6) is 0 Å². The molecule has 2 unspecified atom stereocenters. The number of carbonyl (C=O) groups is 2. The van der Waals surface area contributed by atoms with Crippen LogP contribution in [-0.2, 0) is 9.59 Å². The first-order valence-corrected chi connectivity index (χ1v) is 7.98. The summed E-state index contributed by atoms with van der Waals surface area (Å²) in [7, 11) is 0. The molecule has 6 nitrogen and oxygen atoms in total. The zero-order valence-corrected chi connectivity index (χ0v) is 13.0. The van der Waals surface area contributed by atoms with Crippen LogP contribution in [0.3, 0.4) is 0 Å². The van der Waals surface area contributed by atoms with E-state index in [0.717, 1.165) is 6.54 Å². The van der Waals surface area contributed by atoms with Crippen molar-refractivity contribution in [2.45, 2.75) is 57.7 Å². The first kappa shape index (κ1) is 16.2. The number of rotatable bonds is 5. The van der Waals surface area contributed by atoms with Gasteiger partial charge in [0.05, 0.1) is 6.54 Å². The maximum Gasteiger partial charge on any atom is 0.251 e. The number of aliphatic hydroxyl groups excluding tert-OH is 1. The van der Waals surface area contributed by atoms with Gasteiger partial charge in [-0.1, -0.05) is 6.42 Å². The van der Waals surface area contributed by atoms with Crippen LogP contribution in [0.4, 0.5) is 0 Å². The van der Waals surface area contributed by atoms with Gasteiger partial charge in [0.25, 0.3) is 5.91 Å². The Morgan fingerprint density at radius 3 is 2.52 bits per heavy atom. The van der Waals surface area contributed by atoms with Gasteiger partial charge in [0.1, 0.15) is 6.10 Å². The van der Waals surface area contributed by atoms with Gasteiger partial charge in [-0.15, -0.1) is 0 Å². The van der Waals surface area contributed by atoms with Crippen LogP contribution in [0.15, 0.2) is 0 Å². The van der Waals surface area contributed by atoms with Gasteiger partial charge in [-0.25, -0.2) is 0 Å². The molecule has 0 aromatic rings. The molecule has 2 N–H and O–H groups in total. The third kappa shape index (κ3) is 4.17. The van der Waals surface area contributed by atoms with Crippen molar-refractivity contribution in [2.75, 3.05) is 26.2 Å². The van der Waals surface area contributed by atoms with E-state index in [1.807, 2.05) is 0 Å². The van der Waals surface area contributed by atoms with E-state index in [9.17, 15) is 14.7 Å². The van der Waals surface area contributed by atoms with Gasteiger partial charge >= 0.3 is 0 Å². The van der Waals surface area contributed by atoms with Crippen LogP contribution in [0.1, 0.15) is 39.5 Å². The number of nitrogens with one attached hydrogen (secondary N) is 1. The Hall–Kier alpha value is -1.14. The number of hydrogen-bond donors (Lipinski definition) is 2. The molecule has 2 heterocycles. The smallest absolute Gasteiger partial charge is 0.251 e. The average molecular weight is 297 g/mol. The van der Waals surface area contributed by atoms with Gasteiger partial charge in [-0.2, -0.15) is 0 Å². The second-order valence-electron chi connectivity index (χ2n) is 6.28. The highest BCUT2D eigenvalue weighted by Gasteiger charge is 2.31. The topological polar surface area (TPSA) is 72.9 Å². The van der Waals surface area contributed by atoms with Crippen molar-refractivity contribution in [2.24, 2.45) is 0 Å². The molecule has 3 atom stereocenters. The summed E-state index contributed by atoms with van der Waals surface area (Å²) >= 11 is 0. The van der Waals surface area contributed by atoms with E-state index in [2.05, 4.69) is 24.1 Å². The quantitative estimate of drug-likeness (QED) is 0.747. The monoisotopic (exact) mass is 297 g/mol. The van der Waals surface area contributed by atoms with Crippen LogP contribution in [-0.4, -0.2) is 71.1 Å². The first-order chi connectivity index (χ1) is 9.99. The molecule has 2 aliphatic rings. The number of likely N-dealkylation sites (tertiary alicyclic amines) is 2. The molecule has 2 fully saturated rings. The molecule has 6 heteroatoms. The SMILES string of the molecule is CC1CCCC(C)N1CCNC(=O)CN1CC[C@@H](O)C1=O. The predicted octanol–water partition coefficient (Wildman–Crippen LogP) is -0.0413. The van der Waals surface area contributed by atoms with Crippen molar-refractivity contribution >= 4 is 11.8 Å². The van der Waals surface area contributed by atoms with Gasteiger partial charge in [-0.3, -0.25) is 14.5 Å². The van der Waals surface area contributed by atoms with E-state index >= 15 is 0 Å². The maximum atomic E-state index is 11.9. The number of aliphatic hydroxyl groups is 1. The summed E-state index contributed by atoms with van der Waals surface area (Å²) in [5.41, 5.74) is 0. The van der Waals surface area contributed by atoms with E-state index < -0.39 is 6.10 Å². The molecule has 2 saturated heterocycles. The molecule has 0 aliphatic carbocycles. The molecule has 2 amide bonds. The lowest BCUT2D eigenvalue weighted by Crippen LogP contribution is -2.48. The Morgan fingerprint density at radius 1 is 1.29 bits per heavy atom. The molecule has 0 aromatic carbocycles. The summed E-state index contributed by atoms with van der Waals surface area (Å²) in [5.74, 6) is -0.474. The van der Waals surface area contributed by atoms with Crippen molar-refractivity contribution in [3.8, 4) is 0 Å². The second-order valence-corrected chi connectivity index (χ2v) is 6.28. The van der Waals surface area contributed by atoms with Gasteiger partial charge in [0.15, 0.2) is 0 Å². The minimum absolute atomic E-state index is 0.0565. The van der Waals surface area contributed by atoms with Crippen LogP contribution in [0, 0.1) is 0 Å². The minimum Gasteiger partial charge on any atom is -0.383 e. The number of carbonyl (C=O) groups excluding carboxylic acids is 2. The molecule has 2 rings (SSSR count). The molecule has 2 aliphatic heterocycles. The summed E-state index contributed by atoms with van der Waals surface area (Å²) < 4.78 is 0. The van der Waals surface area contributed by atoms with Gasteiger partial charge < -0.3 is 15.3 Å². The van der Waals surface area contributed by atoms with E-state index in [-0.39, 0.29) is 18.4 Å². The van der Waals surface area contributed by atoms with Gasteiger partial charge in [0.2, 0.25) is 5.91 Å². The lowest BCUT2D eigenvalue weighted by molar-refractivity contribution is -0.137. The lowest BCUT2D eigenvalue weighted by Gasteiger charge is -2.39. The van der Waals surface area contributed by atoms with Crippen molar-refractivity contribution in [3.63, 3.8) is 0 Å². The Labute approximate surface area is 126 Å². The lowest BCUT2D eigenvalue weighted by atomic mass is 9.98. The van der Waals surface area contributed by atoms with E-state index in [1.165, 1.54) is 24.2 Å². The molecule has 0 radical (unpaired) electrons. The van der Waals surface area contributed by atoms with Crippen molar-refractivity contribution in [1.82, 2.24) is 15.1 Å². The molecule has 0 saturated carbocycles. The van der Waals surface area contributed by atoms with Gasteiger partial charge in [0, 0.05) is 31.7 Å². The number of nitrogens with zero attached hydrogens (tertiary/aromatic N) is 2. The number of hydrogen-bond acceptors (Lipinski definition) is 4. The van der Waals surface area contributed by atoms with E-state index in [4.69, 9.17) is 0 Å². The van der Waals surface area contributed by atoms with E-state index in [0.29, 0.717) is 31.6 Å². The minimum atomic E-state index is -0.923. The zero-order valence-electron chi connectivity index (χ0n) is 13.0. The van der Waals surface area contributed by atoms with Crippen LogP contribution >= 0.6 is 0 Å². The Morgan fingerprint density at radius 2 is 1.95 bits per heavy atom. The highest BCUT2D eigenvalue weighted by atomic mass is 16.3. The molecular weight excluding hydrogens is 270 g/mol. The summed E-state index contributed by atoms with van der Waals surface area (Å²) in [6, 6.07) is 1.14. The van der Waals surface area contributed by atoms with Gasteiger partial charge in [-0.05, 0) is 33.1 Å².